The molecule has 2 rings (SSSR count). The van der Waals surface area contributed by atoms with Gasteiger partial charge in [0.1, 0.15) is 5.82 Å². The van der Waals surface area contributed by atoms with Gasteiger partial charge in [0, 0.05) is 29.4 Å². The second kappa shape index (κ2) is 7.47. The molecule has 0 bridgehead atoms. The number of para-hydroxylation sites is 1. The van der Waals surface area contributed by atoms with Gasteiger partial charge in [0.25, 0.3) is 0 Å². The van der Waals surface area contributed by atoms with Crippen molar-refractivity contribution >= 4 is 28.7 Å². The average Bonchev–Trinajstić information content (AvgIpc) is 2.53. The first kappa shape index (κ1) is 17.3. The molecule has 5 heteroatoms. The summed E-state index contributed by atoms with van der Waals surface area (Å²) in [4.78, 5) is 0. The van der Waals surface area contributed by atoms with Gasteiger partial charge in [-0.25, -0.2) is 4.39 Å². The molecule has 0 aromatic heterocycles. The lowest BCUT2D eigenvalue weighted by molar-refractivity contribution is 0.606. The molecule has 0 radical (unpaired) electrons. The van der Waals surface area contributed by atoms with E-state index in [1.165, 1.54) is 6.07 Å². The van der Waals surface area contributed by atoms with Gasteiger partial charge in [-0.2, -0.15) is 5.10 Å². The minimum atomic E-state index is -0.294. The van der Waals surface area contributed by atoms with E-state index in [0.29, 0.717) is 10.7 Å². The van der Waals surface area contributed by atoms with Gasteiger partial charge in [-0.15, -0.1) is 0 Å². The molecule has 3 nitrogen and oxygen atoms in total. The van der Waals surface area contributed by atoms with Gasteiger partial charge in [0.15, 0.2) is 0 Å². The fraction of sp³-hybridized carbons (Fsp3) is 0.278. The van der Waals surface area contributed by atoms with Crippen molar-refractivity contribution in [3.63, 3.8) is 0 Å². The van der Waals surface area contributed by atoms with Crippen LogP contribution in [0.4, 0.5) is 15.8 Å². The summed E-state index contributed by atoms with van der Waals surface area (Å²) in [5.74, 6) is -0.294. The molecule has 0 spiro atoms. The standard InChI is InChI=1S/C18H21ClFN3/c1-12(2)23(18-8-6-5-7-16(18)20)22-13(3)15-11-14(19)9-10-17(15)21-4/h5-12,21H,1-4H3/b22-13-. The van der Waals surface area contributed by atoms with Crippen LogP contribution in [0.25, 0.3) is 0 Å². The van der Waals surface area contributed by atoms with Gasteiger partial charge in [-0.1, -0.05) is 23.7 Å². The van der Waals surface area contributed by atoms with Gasteiger partial charge >= 0.3 is 0 Å². The molecular weight excluding hydrogens is 313 g/mol. The van der Waals surface area contributed by atoms with Crippen molar-refractivity contribution in [3.05, 3.63) is 58.9 Å². The van der Waals surface area contributed by atoms with Crippen LogP contribution in [0.5, 0.6) is 0 Å². The Kier molecular flexibility index (Phi) is 5.61. The van der Waals surface area contributed by atoms with E-state index in [2.05, 4.69) is 10.4 Å². The number of rotatable bonds is 5. The molecule has 1 N–H and O–H groups in total. The maximum absolute atomic E-state index is 14.1. The Labute approximate surface area is 141 Å². The Morgan fingerprint density at radius 2 is 1.91 bits per heavy atom. The Morgan fingerprint density at radius 3 is 2.52 bits per heavy atom. The number of nitrogens with one attached hydrogen (secondary N) is 1. The van der Waals surface area contributed by atoms with E-state index in [1.54, 1.807) is 23.2 Å². The minimum absolute atomic E-state index is 0.0130. The van der Waals surface area contributed by atoms with E-state index in [-0.39, 0.29) is 11.9 Å². The zero-order valence-corrected chi connectivity index (χ0v) is 14.5. The molecule has 0 atom stereocenters. The highest BCUT2D eigenvalue weighted by Gasteiger charge is 2.15. The van der Waals surface area contributed by atoms with Crippen LogP contribution in [-0.4, -0.2) is 18.8 Å². The Morgan fingerprint density at radius 1 is 1.22 bits per heavy atom. The summed E-state index contributed by atoms with van der Waals surface area (Å²) in [5, 5.41) is 10.1. The van der Waals surface area contributed by atoms with Crippen molar-refractivity contribution in [1.82, 2.24) is 0 Å². The Hall–Kier alpha value is -2.07. The first-order valence-corrected chi connectivity index (χ1v) is 7.88. The lowest BCUT2D eigenvalue weighted by Crippen LogP contribution is -2.27. The van der Waals surface area contributed by atoms with Gasteiger partial charge in [0.2, 0.25) is 0 Å². The van der Waals surface area contributed by atoms with Gasteiger partial charge < -0.3 is 5.32 Å². The van der Waals surface area contributed by atoms with Crippen molar-refractivity contribution < 1.29 is 4.39 Å². The first-order valence-electron chi connectivity index (χ1n) is 7.50. The van der Waals surface area contributed by atoms with Crippen LogP contribution in [0.1, 0.15) is 26.3 Å². The molecule has 0 saturated carbocycles. The Balaban J connectivity index is 2.48. The maximum Gasteiger partial charge on any atom is 0.148 e. The monoisotopic (exact) mass is 333 g/mol. The second-order valence-corrected chi connectivity index (χ2v) is 5.95. The molecule has 0 saturated heterocycles. The van der Waals surface area contributed by atoms with Gasteiger partial charge in [0.05, 0.1) is 11.4 Å². The number of hydrogen-bond acceptors (Lipinski definition) is 3. The van der Waals surface area contributed by atoms with Crippen LogP contribution >= 0.6 is 11.6 Å². The van der Waals surface area contributed by atoms with E-state index in [1.807, 2.05) is 46.0 Å². The lowest BCUT2D eigenvalue weighted by Gasteiger charge is -2.25. The van der Waals surface area contributed by atoms with Crippen molar-refractivity contribution in [2.45, 2.75) is 26.8 Å². The molecule has 2 aromatic carbocycles. The van der Waals surface area contributed by atoms with E-state index < -0.39 is 0 Å². The molecule has 2 aromatic rings. The third-order valence-electron chi connectivity index (χ3n) is 3.49. The van der Waals surface area contributed by atoms with Crippen LogP contribution in [-0.2, 0) is 0 Å². The third-order valence-corrected chi connectivity index (χ3v) is 3.72. The fourth-order valence-electron chi connectivity index (χ4n) is 2.33. The minimum Gasteiger partial charge on any atom is -0.388 e. The van der Waals surface area contributed by atoms with Crippen molar-refractivity contribution in [1.29, 1.82) is 0 Å². The number of anilines is 2. The highest BCUT2D eigenvalue weighted by atomic mass is 35.5. The fourth-order valence-corrected chi connectivity index (χ4v) is 2.51. The smallest absolute Gasteiger partial charge is 0.148 e. The molecule has 0 fully saturated rings. The summed E-state index contributed by atoms with van der Waals surface area (Å²) in [6, 6.07) is 12.2. The quantitative estimate of drug-likeness (QED) is 0.604. The summed E-state index contributed by atoms with van der Waals surface area (Å²) in [6.07, 6.45) is 0. The molecule has 0 aliphatic heterocycles. The highest BCUT2D eigenvalue weighted by molar-refractivity contribution is 6.31. The average molecular weight is 334 g/mol. The number of nitrogens with zero attached hydrogens (tertiary/aromatic N) is 2. The molecule has 23 heavy (non-hydrogen) atoms. The highest BCUT2D eigenvalue weighted by Crippen LogP contribution is 2.25. The summed E-state index contributed by atoms with van der Waals surface area (Å²) < 4.78 is 14.1. The largest absolute Gasteiger partial charge is 0.388 e. The molecule has 0 aliphatic carbocycles. The molecule has 0 aliphatic rings. The van der Waals surface area contributed by atoms with E-state index >= 15 is 0 Å². The van der Waals surface area contributed by atoms with Crippen LogP contribution in [0.2, 0.25) is 5.02 Å². The number of benzene rings is 2. The van der Waals surface area contributed by atoms with Gasteiger partial charge in [-0.3, -0.25) is 5.01 Å². The van der Waals surface area contributed by atoms with Crippen molar-refractivity contribution in [2.75, 3.05) is 17.4 Å². The Bertz CT molecular complexity index is 713. The van der Waals surface area contributed by atoms with Crippen LogP contribution in [0.15, 0.2) is 47.6 Å². The topological polar surface area (TPSA) is 27.6 Å². The van der Waals surface area contributed by atoms with Crippen molar-refractivity contribution in [2.24, 2.45) is 5.10 Å². The van der Waals surface area contributed by atoms with E-state index in [0.717, 1.165) is 17.0 Å². The first-order chi connectivity index (χ1) is 10.9. The zero-order chi connectivity index (χ0) is 17.0. The SMILES string of the molecule is CNc1ccc(Cl)cc1/C(C)=N\N(c1ccccc1F)C(C)C. The van der Waals surface area contributed by atoms with Gasteiger partial charge in [-0.05, 0) is 51.1 Å². The second-order valence-electron chi connectivity index (χ2n) is 5.52. The molecule has 0 heterocycles. The maximum atomic E-state index is 14.1. The number of halogens is 2. The predicted octanol–water partition coefficient (Wildman–Crippen LogP) is 5.16. The summed E-state index contributed by atoms with van der Waals surface area (Å²) in [7, 11) is 1.84. The van der Waals surface area contributed by atoms with Crippen LogP contribution < -0.4 is 10.3 Å². The number of hydrazone groups is 1. The van der Waals surface area contributed by atoms with Crippen molar-refractivity contribution in [3.8, 4) is 0 Å². The summed E-state index contributed by atoms with van der Waals surface area (Å²) in [6.45, 7) is 5.84. The van der Waals surface area contributed by atoms with Crippen LogP contribution in [0.3, 0.4) is 0 Å². The van der Waals surface area contributed by atoms with Crippen LogP contribution in [0, 0.1) is 5.82 Å². The van der Waals surface area contributed by atoms with E-state index in [4.69, 9.17) is 11.6 Å². The predicted molar refractivity (Wildman–Crippen MR) is 97.2 cm³/mol. The summed E-state index contributed by atoms with van der Waals surface area (Å²) >= 11 is 6.10. The molecule has 122 valence electrons. The molecular formula is C18H21ClFN3. The van der Waals surface area contributed by atoms with E-state index in [9.17, 15) is 4.39 Å². The third kappa shape index (κ3) is 4.02. The molecule has 0 amide bonds. The molecule has 0 unspecified atom stereocenters. The lowest BCUT2D eigenvalue weighted by atomic mass is 10.1. The summed E-state index contributed by atoms with van der Waals surface area (Å²) in [5.41, 5.74) is 3.03. The number of hydrogen-bond donors (Lipinski definition) is 1. The zero-order valence-electron chi connectivity index (χ0n) is 13.8. The normalized spacial score (nSPS) is 11.7.